The molecule has 0 spiro atoms. The number of nitriles is 2. The molecule has 0 amide bonds. The summed E-state index contributed by atoms with van der Waals surface area (Å²) in [5, 5.41) is 29.1. The lowest BCUT2D eigenvalue weighted by Crippen LogP contribution is -2.08. The maximum Gasteiger partial charge on any atom is 0.178 e. The minimum absolute atomic E-state index is 0.353. The summed E-state index contributed by atoms with van der Waals surface area (Å²) in [5.41, 5.74) is 2.28. The van der Waals surface area contributed by atoms with Crippen molar-refractivity contribution >= 4 is 23.0 Å². The van der Waals surface area contributed by atoms with Gasteiger partial charge in [-0.15, -0.1) is 5.10 Å². The number of hydrogen-bond donors (Lipinski definition) is 2. The van der Waals surface area contributed by atoms with Gasteiger partial charge in [0, 0.05) is 18.3 Å². The Morgan fingerprint density at radius 3 is 2.75 bits per heavy atom. The third kappa shape index (κ3) is 2.57. The highest BCUT2D eigenvalue weighted by Gasteiger charge is 2.23. The third-order valence-electron chi connectivity index (χ3n) is 3.66. The zero-order chi connectivity index (χ0) is 16.5. The molecule has 116 valence electrons. The number of nitrogens with one attached hydrogen (secondary N) is 2. The molecule has 8 nitrogen and oxygen atoms in total. The SMILES string of the molecule is N#Cc1ccnc(Nc2cc(NC3CC3)c3ncc(C#N)n3n2)c1. The molecule has 2 N–H and O–H groups in total. The topological polar surface area (TPSA) is 115 Å². The lowest BCUT2D eigenvalue weighted by Gasteiger charge is -2.10. The number of hydrogen-bond acceptors (Lipinski definition) is 7. The van der Waals surface area contributed by atoms with E-state index in [4.69, 9.17) is 5.26 Å². The Morgan fingerprint density at radius 1 is 1.12 bits per heavy atom. The quantitative estimate of drug-likeness (QED) is 0.758. The van der Waals surface area contributed by atoms with E-state index in [9.17, 15) is 5.26 Å². The predicted octanol–water partition coefficient (Wildman–Crippen LogP) is 2.19. The molecule has 0 atom stereocenters. The van der Waals surface area contributed by atoms with Gasteiger partial charge in [0.05, 0.1) is 23.5 Å². The van der Waals surface area contributed by atoms with Crippen molar-refractivity contribution < 1.29 is 0 Å². The average Bonchev–Trinajstić information content (AvgIpc) is 3.32. The van der Waals surface area contributed by atoms with Crippen molar-refractivity contribution in [2.24, 2.45) is 0 Å². The fraction of sp³-hybridized carbons (Fsp3) is 0.188. The van der Waals surface area contributed by atoms with Crippen LogP contribution in [0.3, 0.4) is 0 Å². The second kappa shape index (κ2) is 5.52. The largest absolute Gasteiger partial charge is 0.379 e. The highest BCUT2D eigenvalue weighted by atomic mass is 15.3. The van der Waals surface area contributed by atoms with Gasteiger partial charge >= 0.3 is 0 Å². The van der Waals surface area contributed by atoms with Crippen LogP contribution in [0.2, 0.25) is 0 Å². The van der Waals surface area contributed by atoms with Crippen LogP contribution in [-0.4, -0.2) is 25.6 Å². The van der Waals surface area contributed by atoms with Crippen LogP contribution in [0.25, 0.3) is 5.65 Å². The second-order valence-corrected chi connectivity index (χ2v) is 5.52. The summed E-state index contributed by atoms with van der Waals surface area (Å²) >= 11 is 0. The normalized spacial score (nSPS) is 13.2. The first-order valence-corrected chi connectivity index (χ1v) is 7.45. The van der Waals surface area contributed by atoms with Crippen molar-refractivity contribution in [2.75, 3.05) is 10.6 Å². The van der Waals surface area contributed by atoms with Gasteiger partial charge in [0.25, 0.3) is 0 Å². The summed E-state index contributed by atoms with van der Waals surface area (Å²) in [7, 11) is 0. The molecule has 1 saturated carbocycles. The third-order valence-corrected chi connectivity index (χ3v) is 3.66. The van der Waals surface area contributed by atoms with E-state index in [2.05, 4.69) is 37.8 Å². The molecule has 24 heavy (non-hydrogen) atoms. The molecule has 0 aromatic carbocycles. The zero-order valence-corrected chi connectivity index (χ0v) is 12.6. The van der Waals surface area contributed by atoms with Gasteiger partial charge in [0.2, 0.25) is 0 Å². The first-order valence-electron chi connectivity index (χ1n) is 7.45. The minimum atomic E-state index is 0.353. The Labute approximate surface area is 137 Å². The molecule has 3 aromatic heterocycles. The smallest absolute Gasteiger partial charge is 0.178 e. The van der Waals surface area contributed by atoms with Gasteiger partial charge in [0.15, 0.2) is 17.2 Å². The second-order valence-electron chi connectivity index (χ2n) is 5.52. The molecule has 4 rings (SSSR count). The fourth-order valence-electron chi connectivity index (χ4n) is 2.36. The fourth-order valence-corrected chi connectivity index (χ4v) is 2.36. The van der Waals surface area contributed by atoms with Crippen LogP contribution in [0.15, 0.2) is 30.6 Å². The monoisotopic (exact) mass is 316 g/mol. The Bertz CT molecular complexity index is 1000. The maximum absolute atomic E-state index is 9.22. The first kappa shape index (κ1) is 14.0. The molecule has 1 fully saturated rings. The van der Waals surface area contributed by atoms with E-state index in [-0.39, 0.29) is 0 Å². The summed E-state index contributed by atoms with van der Waals surface area (Å²) in [6, 6.07) is 9.69. The van der Waals surface area contributed by atoms with Crippen molar-refractivity contribution in [1.29, 1.82) is 10.5 Å². The lowest BCUT2D eigenvalue weighted by atomic mass is 10.3. The van der Waals surface area contributed by atoms with Crippen molar-refractivity contribution in [2.45, 2.75) is 18.9 Å². The minimum Gasteiger partial charge on any atom is -0.379 e. The van der Waals surface area contributed by atoms with Crippen molar-refractivity contribution in [3.63, 3.8) is 0 Å². The van der Waals surface area contributed by atoms with Crippen LogP contribution in [0.4, 0.5) is 17.3 Å². The molecule has 0 unspecified atom stereocenters. The Kier molecular flexibility index (Phi) is 3.22. The summed E-state index contributed by atoms with van der Waals surface area (Å²) < 4.78 is 1.50. The Morgan fingerprint density at radius 2 is 2.00 bits per heavy atom. The number of rotatable bonds is 4. The van der Waals surface area contributed by atoms with Crippen molar-refractivity contribution in [3.05, 3.63) is 41.9 Å². The molecule has 0 saturated heterocycles. The van der Waals surface area contributed by atoms with Gasteiger partial charge in [0.1, 0.15) is 11.9 Å². The predicted molar refractivity (Wildman–Crippen MR) is 86.6 cm³/mol. The number of nitrogens with zero attached hydrogens (tertiary/aromatic N) is 6. The van der Waals surface area contributed by atoms with Gasteiger partial charge in [-0.3, -0.25) is 0 Å². The Balaban J connectivity index is 1.76. The molecule has 3 heterocycles. The van der Waals surface area contributed by atoms with Crippen LogP contribution in [0.1, 0.15) is 24.1 Å². The molecule has 8 heteroatoms. The summed E-state index contributed by atoms with van der Waals surface area (Å²) in [6.45, 7) is 0. The number of imidazole rings is 1. The summed E-state index contributed by atoms with van der Waals surface area (Å²) in [4.78, 5) is 8.46. The van der Waals surface area contributed by atoms with E-state index in [0.29, 0.717) is 34.6 Å². The van der Waals surface area contributed by atoms with E-state index >= 15 is 0 Å². The molecule has 0 radical (unpaired) electrons. The van der Waals surface area contributed by atoms with Crippen molar-refractivity contribution in [3.8, 4) is 12.1 Å². The molecular formula is C16H12N8. The van der Waals surface area contributed by atoms with Crippen molar-refractivity contribution in [1.82, 2.24) is 19.6 Å². The molecule has 0 bridgehead atoms. The van der Waals surface area contributed by atoms with E-state index in [1.54, 1.807) is 18.3 Å². The molecule has 1 aliphatic rings. The lowest BCUT2D eigenvalue weighted by molar-refractivity contribution is 0.923. The zero-order valence-electron chi connectivity index (χ0n) is 12.6. The van der Waals surface area contributed by atoms with Crippen LogP contribution in [0, 0.1) is 22.7 Å². The average molecular weight is 316 g/mol. The van der Waals surface area contributed by atoms with Crippen LogP contribution in [0.5, 0.6) is 0 Å². The van der Waals surface area contributed by atoms with Crippen LogP contribution < -0.4 is 10.6 Å². The molecular weight excluding hydrogens is 304 g/mol. The highest BCUT2D eigenvalue weighted by Crippen LogP contribution is 2.29. The van der Waals surface area contributed by atoms with Gasteiger partial charge in [-0.25, -0.2) is 9.97 Å². The highest BCUT2D eigenvalue weighted by molar-refractivity contribution is 5.73. The molecule has 1 aliphatic carbocycles. The summed E-state index contributed by atoms with van der Waals surface area (Å²) in [5.74, 6) is 1.03. The van der Waals surface area contributed by atoms with Gasteiger partial charge in [-0.05, 0) is 25.0 Å². The standard InChI is InChI=1S/C16H12N8/c17-7-10-3-4-19-14(5-10)22-15-6-13(21-11-1-2-11)16-20-9-12(8-18)24(16)23-15/h3-6,9,11,21H,1-2H2,(H,19,22,23). The maximum atomic E-state index is 9.22. The van der Waals surface area contributed by atoms with E-state index < -0.39 is 0 Å². The van der Waals surface area contributed by atoms with Crippen LogP contribution >= 0.6 is 0 Å². The summed E-state index contributed by atoms with van der Waals surface area (Å²) in [6.07, 6.45) is 5.29. The van der Waals surface area contributed by atoms with Gasteiger partial charge in [-0.2, -0.15) is 15.0 Å². The number of aromatic nitrogens is 4. The van der Waals surface area contributed by atoms with Crippen LogP contribution in [-0.2, 0) is 0 Å². The van der Waals surface area contributed by atoms with E-state index in [1.807, 2.05) is 6.07 Å². The van der Waals surface area contributed by atoms with E-state index in [1.165, 1.54) is 10.7 Å². The number of anilines is 3. The number of pyridine rings is 1. The molecule has 3 aromatic rings. The van der Waals surface area contributed by atoms with Gasteiger partial charge in [-0.1, -0.05) is 0 Å². The van der Waals surface area contributed by atoms with Gasteiger partial charge < -0.3 is 10.6 Å². The first-order chi connectivity index (χ1) is 11.8. The molecule has 0 aliphatic heterocycles. The number of fused-ring (bicyclic) bond motifs is 1. The Hall–Kier alpha value is -3.65. The van der Waals surface area contributed by atoms with E-state index in [0.717, 1.165) is 18.5 Å².